The number of rotatable bonds is 6. The zero-order chi connectivity index (χ0) is 31.2. The number of allylic oxidation sites excluding steroid dienone is 3. The predicted octanol–water partition coefficient (Wildman–Crippen LogP) is 8.71. The summed E-state index contributed by atoms with van der Waals surface area (Å²) < 4.78 is 39.2. The number of alkyl halides is 3. The fourth-order valence-electron chi connectivity index (χ4n) is 7.86. The smallest absolute Gasteiger partial charge is 0.396 e. The van der Waals surface area contributed by atoms with Gasteiger partial charge in [-0.15, -0.1) is 0 Å². The maximum atomic E-state index is 13.1. The molecular weight excluding hydrogens is 551 g/mol. The van der Waals surface area contributed by atoms with E-state index in [0.29, 0.717) is 30.2 Å². The number of primary amides is 1. The molecule has 0 spiro atoms. The second-order valence-electron chi connectivity index (χ2n) is 14.7. The van der Waals surface area contributed by atoms with Crippen molar-refractivity contribution >= 4 is 22.8 Å². The number of hydrogen-bond acceptors (Lipinski definition) is 5. The van der Waals surface area contributed by atoms with Gasteiger partial charge in [0, 0.05) is 10.7 Å². The number of nitrogens with two attached hydrogens (primary N) is 1. The minimum absolute atomic E-state index is 0.00453. The van der Waals surface area contributed by atoms with E-state index in [2.05, 4.69) is 27.7 Å². The second-order valence-corrected chi connectivity index (χ2v) is 16.0. The summed E-state index contributed by atoms with van der Waals surface area (Å²) in [5.74, 6) is -0.927. The van der Waals surface area contributed by atoms with E-state index in [-0.39, 0.29) is 39.6 Å². The molecule has 3 aliphatic carbocycles. The highest BCUT2D eigenvalue weighted by Gasteiger charge is 2.61. The predicted molar refractivity (Wildman–Crippen MR) is 158 cm³/mol. The largest absolute Gasteiger partial charge is 0.504 e. The molecule has 9 heteroatoms. The van der Waals surface area contributed by atoms with Crippen LogP contribution in [-0.4, -0.2) is 32.7 Å². The number of halogens is 3. The first-order chi connectivity index (χ1) is 18.5. The molecule has 0 aromatic carbocycles. The van der Waals surface area contributed by atoms with Gasteiger partial charge in [0.25, 0.3) is 0 Å². The van der Waals surface area contributed by atoms with Gasteiger partial charge < -0.3 is 15.9 Å². The highest BCUT2D eigenvalue weighted by Crippen LogP contribution is 2.70. The summed E-state index contributed by atoms with van der Waals surface area (Å²) in [5, 5.41) is 19.6. The molecule has 41 heavy (non-hydrogen) atoms. The number of amides is 1. The van der Waals surface area contributed by atoms with Gasteiger partial charge in [0.1, 0.15) is 6.42 Å². The van der Waals surface area contributed by atoms with Crippen molar-refractivity contribution in [2.75, 3.05) is 0 Å². The molecule has 2 saturated carbocycles. The molecular formula is C32H48F3NO4S. The number of carbonyl (C=O) groups is 2. The van der Waals surface area contributed by atoms with Gasteiger partial charge >= 0.3 is 6.18 Å². The summed E-state index contributed by atoms with van der Waals surface area (Å²) in [4.78, 5) is 24.5. The van der Waals surface area contributed by atoms with Crippen molar-refractivity contribution in [2.45, 2.75) is 118 Å². The van der Waals surface area contributed by atoms with Crippen LogP contribution in [0, 0.1) is 33.0 Å². The van der Waals surface area contributed by atoms with Gasteiger partial charge in [0.15, 0.2) is 16.6 Å². The zero-order valence-electron chi connectivity index (χ0n) is 25.6. The summed E-state index contributed by atoms with van der Waals surface area (Å²) in [6.07, 6.45) is 5.60. The van der Waals surface area contributed by atoms with Gasteiger partial charge in [-0.1, -0.05) is 65.5 Å². The first kappa shape index (κ1) is 33.6. The minimum atomic E-state index is -4.59. The standard InChI is InChI=1S/C32H48F3NO4S/c1-20-16-21(41-24(38)18-32(33,34)35)17-23-29(5,9-8-22(37)25(20)39)13-14-30(6)19-28(4,12-15-31(23,30)7)11-10-27(2,3)26(36)40/h8-9,16,21,23,37,39H,10-15,17-19H2,1-7H3,(H2,36,40)/b9-8+,20-16+,25-22-/t21?,23?,28-,29-,30+,31-/m1/s1. The Kier molecular flexibility index (Phi) is 9.27. The van der Waals surface area contributed by atoms with Crippen LogP contribution in [0.15, 0.2) is 35.3 Å². The molecule has 3 aliphatic rings. The third-order valence-electron chi connectivity index (χ3n) is 11.0. The van der Waals surface area contributed by atoms with Crippen molar-refractivity contribution < 1.29 is 33.0 Å². The summed E-state index contributed by atoms with van der Waals surface area (Å²) in [6, 6.07) is 0. The van der Waals surface area contributed by atoms with Crippen molar-refractivity contribution in [3.05, 3.63) is 35.3 Å². The monoisotopic (exact) mass is 599 g/mol. The zero-order valence-corrected chi connectivity index (χ0v) is 26.4. The number of aliphatic hydroxyl groups excluding tert-OH is 2. The number of hydrogen-bond donors (Lipinski definition) is 3. The van der Waals surface area contributed by atoms with Crippen LogP contribution in [0.1, 0.15) is 106 Å². The Morgan fingerprint density at radius 1 is 1.07 bits per heavy atom. The summed E-state index contributed by atoms with van der Waals surface area (Å²) in [6.45, 7) is 14.4. The Balaban J connectivity index is 2.01. The molecule has 1 amide bonds. The normalized spacial score (nSPS) is 40.5. The third-order valence-corrected chi connectivity index (χ3v) is 12.1. The van der Waals surface area contributed by atoms with E-state index in [0.717, 1.165) is 38.5 Å². The molecule has 5 nitrogen and oxygen atoms in total. The Morgan fingerprint density at radius 3 is 2.29 bits per heavy atom. The summed E-state index contributed by atoms with van der Waals surface area (Å²) in [7, 11) is 0. The van der Waals surface area contributed by atoms with E-state index in [9.17, 15) is 33.0 Å². The Labute approximate surface area is 247 Å². The van der Waals surface area contributed by atoms with Crippen molar-refractivity contribution in [1.82, 2.24) is 0 Å². The highest BCUT2D eigenvalue weighted by molar-refractivity contribution is 8.14. The SMILES string of the molecule is CC1=C\C(SC(=O)CC(F)(F)F)CC2[C@](C)(/C=C/C(O)=C\1O)CC[C@@]1(C)C[C@](C)(CCC(C)(C)C(N)=O)CC[C@]21C. The first-order valence-electron chi connectivity index (χ1n) is 14.6. The third kappa shape index (κ3) is 7.19. The van der Waals surface area contributed by atoms with Crippen LogP contribution in [0.5, 0.6) is 0 Å². The molecule has 0 heterocycles. The molecule has 6 atom stereocenters. The average Bonchev–Trinajstić information content (AvgIpc) is 2.83. The maximum Gasteiger partial charge on any atom is 0.396 e. The molecule has 0 saturated heterocycles. The molecule has 0 aromatic rings. The topological polar surface area (TPSA) is 101 Å². The summed E-state index contributed by atoms with van der Waals surface area (Å²) in [5.41, 5.74) is 4.72. The second kappa shape index (κ2) is 11.3. The fraction of sp³-hybridized carbons (Fsp3) is 0.750. The van der Waals surface area contributed by atoms with E-state index in [1.54, 1.807) is 19.1 Å². The number of carbonyl (C=O) groups excluding carboxylic acids is 2. The van der Waals surface area contributed by atoms with Crippen LogP contribution >= 0.6 is 11.8 Å². The number of thioether (sulfide) groups is 1. The lowest BCUT2D eigenvalue weighted by Gasteiger charge is -2.66. The lowest BCUT2D eigenvalue weighted by molar-refractivity contribution is -0.155. The van der Waals surface area contributed by atoms with E-state index in [1.807, 2.05) is 19.9 Å². The van der Waals surface area contributed by atoms with Crippen molar-refractivity contribution in [3.8, 4) is 0 Å². The minimum Gasteiger partial charge on any atom is -0.504 e. The van der Waals surface area contributed by atoms with Gasteiger partial charge in [0.2, 0.25) is 5.91 Å². The van der Waals surface area contributed by atoms with Crippen molar-refractivity contribution in [2.24, 2.45) is 38.7 Å². The van der Waals surface area contributed by atoms with E-state index in [4.69, 9.17) is 5.73 Å². The Hall–Kier alpha value is -1.90. The molecule has 0 aromatic heterocycles. The van der Waals surface area contributed by atoms with Gasteiger partial charge in [-0.2, -0.15) is 13.2 Å². The molecule has 3 rings (SSSR count). The van der Waals surface area contributed by atoms with Crippen LogP contribution < -0.4 is 5.73 Å². The number of aliphatic hydroxyl groups is 2. The van der Waals surface area contributed by atoms with Crippen LogP contribution in [0.3, 0.4) is 0 Å². The van der Waals surface area contributed by atoms with Crippen molar-refractivity contribution in [1.29, 1.82) is 0 Å². The molecule has 0 radical (unpaired) electrons. The molecule has 0 aliphatic heterocycles. The molecule has 4 N–H and O–H groups in total. The van der Waals surface area contributed by atoms with E-state index in [1.165, 1.54) is 0 Å². The molecule has 2 unspecified atom stereocenters. The highest BCUT2D eigenvalue weighted by atomic mass is 32.2. The molecule has 232 valence electrons. The van der Waals surface area contributed by atoms with Crippen LogP contribution in [0.25, 0.3) is 0 Å². The van der Waals surface area contributed by atoms with E-state index < -0.39 is 33.8 Å². The van der Waals surface area contributed by atoms with Gasteiger partial charge in [-0.05, 0) is 97.5 Å². The molecule has 2 fully saturated rings. The quantitative estimate of drug-likeness (QED) is 0.283. The maximum absolute atomic E-state index is 13.1. The van der Waals surface area contributed by atoms with Gasteiger partial charge in [-0.3, -0.25) is 9.59 Å². The number of fused-ring (bicyclic) bond motifs is 3. The fourth-order valence-corrected chi connectivity index (χ4v) is 9.00. The van der Waals surface area contributed by atoms with E-state index >= 15 is 0 Å². The van der Waals surface area contributed by atoms with Crippen LogP contribution in [0.2, 0.25) is 0 Å². The van der Waals surface area contributed by atoms with Crippen LogP contribution in [0.4, 0.5) is 13.2 Å². The van der Waals surface area contributed by atoms with Crippen LogP contribution in [-0.2, 0) is 9.59 Å². The lowest BCUT2D eigenvalue weighted by atomic mass is 9.39. The lowest BCUT2D eigenvalue weighted by Crippen LogP contribution is -2.58. The van der Waals surface area contributed by atoms with Gasteiger partial charge in [0.05, 0.1) is 0 Å². The molecule has 0 bridgehead atoms. The first-order valence-corrected chi connectivity index (χ1v) is 15.5. The van der Waals surface area contributed by atoms with Crippen molar-refractivity contribution in [3.63, 3.8) is 0 Å². The summed E-state index contributed by atoms with van der Waals surface area (Å²) >= 11 is 0.679. The average molecular weight is 600 g/mol. The Bertz CT molecular complexity index is 1140. The Morgan fingerprint density at radius 2 is 1.71 bits per heavy atom. The van der Waals surface area contributed by atoms with Gasteiger partial charge in [-0.25, -0.2) is 0 Å².